The van der Waals surface area contributed by atoms with Crippen LogP contribution in [-0.2, 0) is 9.47 Å². The minimum atomic E-state index is 0.122. The quantitative estimate of drug-likeness (QED) is 0.796. The molecule has 1 N–H and O–H groups in total. The Labute approximate surface area is 112 Å². The lowest BCUT2D eigenvalue weighted by molar-refractivity contribution is 0.0743. The zero-order chi connectivity index (χ0) is 13.1. The Bertz CT molecular complexity index is 155. The van der Waals surface area contributed by atoms with E-state index in [1.807, 2.05) is 0 Å². The highest BCUT2D eigenvalue weighted by atomic mass is 16.5. The van der Waals surface area contributed by atoms with Gasteiger partial charge in [0.1, 0.15) is 0 Å². The number of hydrogen-bond acceptors (Lipinski definition) is 3. The fourth-order valence-electron chi connectivity index (χ4n) is 2.85. The van der Waals surface area contributed by atoms with Crippen molar-refractivity contribution in [3.05, 3.63) is 0 Å². The van der Waals surface area contributed by atoms with Gasteiger partial charge in [0.25, 0.3) is 0 Å². The van der Waals surface area contributed by atoms with Crippen LogP contribution in [-0.4, -0.2) is 38.6 Å². The zero-order valence-corrected chi connectivity index (χ0v) is 11.9. The molecule has 0 aromatic heterocycles. The minimum absolute atomic E-state index is 0.122. The van der Waals surface area contributed by atoms with E-state index in [2.05, 4.69) is 4.74 Å². The van der Waals surface area contributed by atoms with Crippen molar-refractivity contribution < 1.29 is 14.6 Å². The minimum Gasteiger partial charge on any atom is -0.394 e. The van der Waals surface area contributed by atoms with E-state index < -0.39 is 0 Å². The maximum Gasteiger partial charge on any atom is 0.0693 e. The first kappa shape index (κ1) is 15.9. The Morgan fingerprint density at radius 2 is 1.33 bits per heavy atom. The van der Waals surface area contributed by atoms with E-state index in [0.29, 0.717) is 6.61 Å². The van der Waals surface area contributed by atoms with Gasteiger partial charge in [0, 0.05) is 20.3 Å². The zero-order valence-electron chi connectivity index (χ0n) is 11.9. The molecule has 108 valence electrons. The van der Waals surface area contributed by atoms with E-state index in [-0.39, 0.29) is 6.61 Å². The van der Waals surface area contributed by atoms with Gasteiger partial charge in [-0.15, -0.1) is 0 Å². The van der Waals surface area contributed by atoms with Crippen LogP contribution >= 0.6 is 0 Å². The predicted octanol–water partition coefficient (Wildman–Crippen LogP) is 3.01. The molecule has 0 radical (unpaired) electrons. The molecule has 3 heteroatoms. The van der Waals surface area contributed by atoms with E-state index in [9.17, 15) is 0 Å². The Balaban J connectivity index is 0.000000280. The molecule has 2 rings (SSSR count). The summed E-state index contributed by atoms with van der Waals surface area (Å²) in [4.78, 5) is 0. The largest absolute Gasteiger partial charge is 0.394 e. The highest BCUT2D eigenvalue weighted by molar-refractivity contribution is 4.69. The van der Waals surface area contributed by atoms with Gasteiger partial charge in [-0.1, -0.05) is 25.7 Å². The summed E-state index contributed by atoms with van der Waals surface area (Å²) in [6, 6.07) is 0. The topological polar surface area (TPSA) is 38.7 Å². The van der Waals surface area contributed by atoms with Crippen LogP contribution in [0, 0.1) is 11.8 Å². The second kappa shape index (κ2) is 10.8. The van der Waals surface area contributed by atoms with Crippen molar-refractivity contribution in [2.75, 3.05) is 33.5 Å². The second-order valence-electron chi connectivity index (χ2n) is 5.55. The number of aliphatic hydroxyl groups excluding tert-OH is 1. The van der Waals surface area contributed by atoms with Gasteiger partial charge in [0.2, 0.25) is 0 Å². The molecule has 18 heavy (non-hydrogen) atoms. The van der Waals surface area contributed by atoms with Gasteiger partial charge in [0.05, 0.1) is 13.2 Å². The van der Waals surface area contributed by atoms with Crippen molar-refractivity contribution in [3.63, 3.8) is 0 Å². The van der Waals surface area contributed by atoms with E-state index in [1.54, 1.807) is 7.11 Å². The van der Waals surface area contributed by atoms with Crippen molar-refractivity contribution in [2.45, 2.75) is 51.4 Å². The van der Waals surface area contributed by atoms with Crippen LogP contribution in [0.1, 0.15) is 51.4 Å². The first-order valence-corrected chi connectivity index (χ1v) is 7.54. The molecule has 2 aliphatic rings. The van der Waals surface area contributed by atoms with Crippen LogP contribution in [0.5, 0.6) is 0 Å². The van der Waals surface area contributed by atoms with Crippen molar-refractivity contribution in [1.82, 2.24) is 0 Å². The van der Waals surface area contributed by atoms with Crippen molar-refractivity contribution in [3.8, 4) is 0 Å². The summed E-state index contributed by atoms with van der Waals surface area (Å²) < 4.78 is 10.2. The Hall–Kier alpha value is -0.120. The second-order valence-corrected chi connectivity index (χ2v) is 5.55. The van der Waals surface area contributed by atoms with Crippen molar-refractivity contribution in [1.29, 1.82) is 0 Å². The first-order chi connectivity index (χ1) is 8.86. The molecule has 0 heterocycles. The molecule has 0 saturated heterocycles. The van der Waals surface area contributed by atoms with Crippen LogP contribution in [0.3, 0.4) is 0 Å². The average Bonchev–Trinajstić information content (AvgIpc) is 3.03. The fourth-order valence-corrected chi connectivity index (χ4v) is 2.85. The van der Waals surface area contributed by atoms with E-state index in [0.717, 1.165) is 25.0 Å². The molecule has 0 atom stereocenters. The van der Waals surface area contributed by atoms with Crippen LogP contribution in [0.25, 0.3) is 0 Å². The van der Waals surface area contributed by atoms with E-state index in [4.69, 9.17) is 9.84 Å². The lowest BCUT2D eigenvalue weighted by Crippen LogP contribution is -2.11. The molecule has 0 spiro atoms. The molecule has 2 fully saturated rings. The molecule has 3 nitrogen and oxygen atoms in total. The molecule has 0 bridgehead atoms. The van der Waals surface area contributed by atoms with Gasteiger partial charge < -0.3 is 14.6 Å². The van der Waals surface area contributed by atoms with Gasteiger partial charge in [-0.2, -0.15) is 0 Å². The number of methoxy groups -OCH3 is 1. The summed E-state index contributed by atoms with van der Waals surface area (Å²) in [7, 11) is 1.55. The molecule has 0 amide bonds. The molecule has 2 saturated carbocycles. The maximum atomic E-state index is 7.94. The number of ether oxygens (including phenoxy) is 2. The summed E-state index contributed by atoms with van der Waals surface area (Å²) in [5.74, 6) is 1.81. The summed E-state index contributed by atoms with van der Waals surface area (Å²) >= 11 is 0. The Kier molecular flexibility index (Phi) is 9.54. The standard InChI is InChI=1S/C12H22O.C3H8O2/c1-2-6-11(5-1)9-13-10-12-7-3-4-8-12;1-5-3-2-4/h11-12H,1-10H2;4H,2-3H2,1H3. The third-order valence-corrected chi connectivity index (χ3v) is 3.95. The molecule has 2 aliphatic carbocycles. The van der Waals surface area contributed by atoms with Gasteiger partial charge in [-0.3, -0.25) is 0 Å². The smallest absolute Gasteiger partial charge is 0.0693 e. The molecule has 0 aromatic carbocycles. The summed E-state index contributed by atoms with van der Waals surface area (Å²) in [5.41, 5.74) is 0. The fraction of sp³-hybridized carbons (Fsp3) is 1.00. The number of aliphatic hydroxyl groups is 1. The third-order valence-electron chi connectivity index (χ3n) is 3.95. The van der Waals surface area contributed by atoms with Gasteiger partial charge in [-0.05, 0) is 37.5 Å². The predicted molar refractivity (Wildman–Crippen MR) is 73.7 cm³/mol. The van der Waals surface area contributed by atoms with Crippen LogP contribution in [0.15, 0.2) is 0 Å². The normalized spacial score (nSPS) is 21.0. The first-order valence-electron chi connectivity index (χ1n) is 7.54. The third kappa shape index (κ3) is 7.34. The summed E-state index contributed by atoms with van der Waals surface area (Å²) in [6.45, 7) is 2.67. The van der Waals surface area contributed by atoms with Gasteiger partial charge in [-0.25, -0.2) is 0 Å². The number of hydrogen-bond donors (Lipinski definition) is 1. The summed E-state index contributed by atoms with van der Waals surface area (Å²) in [6.07, 6.45) is 11.5. The summed E-state index contributed by atoms with van der Waals surface area (Å²) in [5, 5.41) is 7.94. The van der Waals surface area contributed by atoms with E-state index >= 15 is 0 Å². The Morgan fingerprint density at radius 1 is 0.889 bits per heavy atom. The Morgan fingerprint density at radius 3 is 1.61 bits per heavy atom. The van der Waals surface area contributed by atoms with E-state index in [1.165, 1.54) is 51.4 Å². The monoisotopic (exact) mass is 258 g/mol. The van der Waals surface area contributed by atoms with Crippen LogP contribution in [0.4, 0.5) is 0 Å². The van der Waals surface area contributed by atoms with Crippen molar-refractivity contribution in [2.24, 2.45) is 11.8 Å². The highest BCUT2D eigenvalue weighted by Crippen LogP contribution is 2.27. The lowest BCUT2D eigenvalue weighted by atomic mass is 10.1. The molecule has 0 unspecified atom stereocenters. The SMILES string of the molecule is C1CCC(COCC2CCCC2)C1.COCCO. The van der Waals surface area contributed by atoms with Crippen LogP contribution in [0.2, 0.25) is 0 Å². The molecular weight excluding hydrogens is 228 g/mol. The molecular formula is C15H30O3. The average molecular weight is 258 g/mol. The van der Waals surface area contributed by atoms with Crippen LogP contribution < -0.4 is 0 Å². The lowest BCUT2D eigenvalue weighted by Gasteiger charge is -2.13. The number of rotatable bonds is 6. The highest BCUT2D eigenvalue weighted by Gasteiger charge is 2.18. The van der Waals surface area contributed by atoms with Crippen molar-refractivity contribution >= 4 is 0 Å². The maximum absolute atomic E-state index is 7.94. The molecule has 0 aromatic rings. The molecule has 0 aliphatic heterocycles. The van der Waals surface area contributed by atoms with Gasteiger partial charge in [0.15, 0.2) is 0 Å². The van der Waals surface area contributed by atoms with Gasteiger partial charge >= 0.3 is 0 Å².